The minimum Gasteiger partial charge on any atom is -0.497 e. The highest BCUT2D eigenvalue weighted by molar-refractivity contribution is 7.99. The number of hydrogen-bond donors (Lipinski definition) is 1. The van der Waals surface area contributed by atoms with Gasteiger partial charge in [0.25, 0.3) is 0 Å². The number of nitrogens with zero attached hydrogens (tertiary/aromatic N) is 1. The highest BCUT2D eigenvalue weighted by Crippen LogP contribution is 2.33. The molecule has 1 aromatic heterocycles. The van der Waals surface area contributed by atoms with Crippen LogP contribution < -0.4 is 4.74 Å². The zero-order valence-corrected chi connectivity index (χ0v) is 10.1. The Morgan fingerprint density at radius 2 is 2.31 bits per heavy atom. The van der Waals surface area contributed by atoms with E-state index in [1.807, 2.05) is 18.3 Å². The monoisotopic (exact) mass is 234 g/mol. The normalized spacial score (nSPS) is 12.4. The van der Waals surface area contributed by atoms with Gasteiger partial charge in [0.15, 0.2) is 5.16 Å². The van der Waals surface area contributed by atoms with Gasteiger partial charge in [-0.05, 0) is 24.6 Å². The fourth-order valence-electron chi connectivity index (χ4n) is 1.45. The number of rotatable bonds is 4. The second kappa shape index (κ2) is 5.07. The maximum Gasteiger partial charge on any atom is 0.165 e. The Morgan fingerprint density at radius 3 is 3.00 bits per heavy atom. The van der Waals surface area contributed by atoms with Crippen molar-refractivity contribution in [1.29, 1.82) is 0 Å². The molecule has 0 spiro atoms. The van der Waals surface area contributed by atoms with Gasteiger partial charge in [-0.25, -0.2) is 4.98 Å². The van der Waals surface area contributed by atoms with Crippen molar-refractivity contribution in [2.45, 2.75) is 17.3 Å². The number of imidazole rings is 1. The summed E-state index contributed by atoms with van der Waals surface area (Å²) >= 11 is 1.70. The first-order chi connectivity index (χ1) is 7.79. The van der Waals surface area contributed by atoms with Crippen molar-refractivity contribution in [2.24, 2.45) is 0 Å². The topological polar surface area (TPSA) is 37.9 Å². The smallest absolute Gasteiger partial charge is 0.165 e. The Morgan fingerprint density at radius 1 is 1.44 bits per heavy atom. The second-order valence-corrected chi connectivity index (χ2v) is 4.76. The van der Waals surface area contributed by atoms with Crippen LogP contribution in [0.15, 0.2) is 41.8 Å². The van der Waals surface area contributed by atoms with E-state index in [0.29, 0.717) is 5.25 Å². The maximum atomic E-state index is 5.21. The van der Waals surface area contributed by atoms with E-state index in [4.69, 9.17) is 4.74 Å². The molecule has 1 N–H and O–H groups in total. The molecule has 0 bridgehead atoms. The minimum absolute atomic E-state index is 0.348. The summed E-state index contributed by atoms with van der Waals surface area (Å²) in [5, 5.41) is 1.29. The molecule has 1 aromatic carbocycles. The third-order valence-corrected chi connectivity index (χ3v) is 3.40. The standard InChI is InChI=1S/C12H14N2OS/c1-9(16-12-13-6-7-14-12)10-4-3-5-11(8-10)15-2/h3-9H,1-2H3,(H,13,14)/t9-/m0/s1. The number of aromatic amines is 1. The molecule has 1 heterocycles. The van der Waals surface area contributed by atoms with Crippen molar-refractivity contribution in [1.82, 2.24) is 9.97 Å². The Hall–Kier alpha value is -1.42. The average molecular weight is 234 g/mol. The molecule has 2 aromatic rings. The first-order valence-electron chi connectivity index (χ1n) is 5.09. The second-order valence-electron chi connectivity index (χ2n) is 3.43. The van der Waals surface area contributed by atoms with Crippen LogP contribution in [0.1, 0.15) is 17.7 Å². The lowest BCUT2D eigenvalue weighted by atomic mass is 10.1. The molecule has 4 heteroatoms. The molecule has 0 radical (unpaired) electrons. The van der Waals surface area contributed by atoms with Crippen LogP contribution in [-0.2, 0) is 0 Å². The van der Waals surface area contributed by atoms with Crippen LogP contribution in [-0.4, -0.2) is 17.1 Å². The highest BCUT2D eigenvalue weighted by Gasteiger charge is 2.09. The summed E-state index contributed by atoms with van der Waals surface area (Å²) < 4.78 is 5.21. The number of methoxy groups -OCH3 is 1. The van der Waals surface area contributed by atoms with Crippen LogP contribution in [0.2, 0.25) is 0 Å². The fourth-order valence-corrected chi connectivity index (χ4v) is 2.32. The zero-order valence-electron chi connectivity index (χ0n) is 9.31. The molecule has 3 nitrogen and oxygen atoms in total. The number of H-pyrrole nitrogens is 1. The maximum absolute atomic E-state index is 5.21. The van der Waals surface area contributed by atoms with Gasteiger partial charge in [0.2, 0.25) is 0 Å². The van der Waals surface area contributed by atoms with Crippen LogP contribution in [0.5, 0.6) is 5.75 Å². The quantitative estimate of drug-likeness (QED) is 0.825. The molecule has 16 heavy (non-hydrogen) atoms. The van der Waals surface area contributed by atoms with E-state index in [0.717, 1.165) is 10.9 Å². The number of thioether (sulfide) groups is 1. The Kier molecular flexibility index (Phi) is 3.51. The summed E-state index contributed by atoms with van der Waals surface area (Å²) in [6, 6.07) is 8.12. The fraction of sp³-hybridized carbons (Fsp3) is 0.250. The van der Waals surface area contributed by atoms with Crippen LogP contribution >= 0.6 is 11.8 Å². The molecule has 0 aliphatic heterocycles. The first-order valence-corrected chi connectivity index (χ1v) is 5.97. The lowest BCUT2D eigenvalue weighted by Crippen LogP contribution is -1.91. The molecule has 0 unspecified atom stereocenters. The van der Waals surface area contributed by atoms with Gasteiger partial charge in [-0.15, -0.1) is 0 Å². The van der Waals surface area contributed by atoms with Gasteiger partial charge >= 0.3 is 0 Å². The predicted octanol–water partition coefficient (Wildman–Crippen LogP) is 3.27. The Balaban J connectivity index is 2.11. The van der Waals surface area contributed by atoms with E-state index in [9.17, 15) is 0 Å². The van der Waals surface area contributed by atoms with Crippen LogP contribution in [0.3, 0.4) is 0 Å². The average Bonchev–Trinajstić information content (AvgIpc) is 2.82. The highest BCUT2D eigenvalue weighted by atomic mass is 32.2. The molecule has 0 saturated heterocycles. The summed E-state index contributed by atoms with van der Waals surface area (Å²) in [5.74, 6) is 0.893. The third-order valence-electron chi connectivity index (χ3n) is 2.32. The molecular weight excluding hydrogens is 220 g/mol. The van der Waals surface area contributed by atoms with E-state index in [1.165, 1.54) is 5.56 Å². The van der Waals surface area contributed by atoms with Gasteiger partial charge in [0.1, 0.15) is 5.75 Å². The van der Waals surface area contributed by atoms with Gasteiger partial charge in [0.05, 0.1) is 7.11 Å². The molecular formula is C12H14N2OS. The summed E-state index contributed by atoms with van der Waals surface area (Å²) in [7, 11) is 1.68. The van der Waals surface area contributed by atoms with E-state index < -0.39 is 0 Å². The third kappa shape index (κ3) is 2.58. The van der Waals surface area contributed by atoms with Crippen LogP contribution in [0.25, 0.3) is 0 Å². The summed E-state index contributed by atoms with van der Waals surface area (Å²) in [6.45, 7) is 2.15. The van der Waals surface area contributed by atoms with Gasteiger partial charge in [0, 0.05) is 17.6 Å². The minimum atomic E-state index is 0.348. The number of ether oxygens (including phenoxy) is 1. The van der Waals surface area contributed by atoms with E-state index in [2.05, 4.69) is 29.0 Å². The number of hydrogen-bond acceptors (Lipinski definition) is 3. The molecule has 1 atom stereocenters. The number of aromatic nitrogens is 2. The van der Waals surface area contributed by atoms with Crippen molar-refractivity contribution in [3.63, 3.8) is 0 Å². The molecule has 0 aliphatic rings. The molecule has 84 valence electrons. The lowest BCUT2D eigenvalue weighted by molar-refractivity contribution is 0.414. The van der Waals surface area contributed by atoms with Crippen molar-refractivity contribution >= 4 is 11.8 Å². The van der Waals surface area contributed by atoms with Gasteiger partial charge in [-0.2, -0.15) is 0 Å². The molecule has 0 saturated carbocycles. The van der Waals surface area contributed by atoms with Crippen molar-refractivity contribution in [2.75, 3.05) is 7.11 Å². The zero-order chi connectivity index (χ0) is 11.4. The van der Waals surface area contributed by atoms with E-state index >= 15 is 0 Å². The van der Waals surface area contributed by atoms with Crippen molar-refractivity contribution in [3.05, 3.63) is 42.2 Å². The number of benzene rings is 1. The lowest BCUT2D eigenvalue weighted by Gasteiger charge is -2.10. The largest absolute Gasteiger partial charge is 0.497 e. The Labute approximate surface area is 99.2 Å². The van der Waals surface area contributed by atoms with Crippen LogP contribution in [0, 0.1) is 0 Å². The van der Waals surface area contributed by atoms with Crippen molar-refractivity contribution in [3.8, 4) is 5.75 Å². The van der Waals surface area contributed by atoms with Gasteiger partial charge in [-0.1, -0.05) is 23.9 Å². The Bertz CT molecular complexity index is 442. The molecule has 0 aliphatic carbocycles. The van der Waals surface area contributed by atoms with Crippen molar-refractivity contribution < 1.29 is 4.74 Å². The molecule has 2 rings (SSSR count). The molecule has 0 fully saturated rings. The van der Waals surface area contributed by atoms with E-state index in [-0.39, 0.29) is 0 Å². The van der Waals surface area contributed by atoms with E-state index in [1.54, 1.807) is 25.1 Å². The SMILES string of the molecule is COc1cccc([C@H](C)Sc2ncc[nH]2)c1. The van der Waals surface area contributed by atoms with Crippen LogP contribution in [0.4, 0.5) is 0 Å². The summed E-state index contributed by atoms with van der Waals surface area (Å²) in [6.07, 6.45) is 3.60. The van der Waals surface area contributed by atoms with Gasteiger partial charge in [-0.3, -0.25) is 0 Å². The summed E-state index contributed by atoms with van der Waals surface area (Å²) in [5.41, 5.74) is 1.24. The predicted molar refractivity (Wildman–Crippen MR) is 65.9 cm³/mol. The first kappa shape index (κ1) is 11.1. The molecule has 0 amide bonds. The number of nitrogens with one attached hydrogen (secondary N) is 1. The van der Waals surface area contributed by atoms with Gasteiger partial charge < -0.3 is 9.72 Å². The summed E-state index contributed by atoms with van der Waals surface area (Å²) in [4.78, 5) is 7.29.